The molecule has 1 unspecified atom stereocenters. The Hall–Kier alpha value is -2.87. The van der Waals surface area contributed by atoms with Gasteiger partial charge < -0.3 is 10.1 Å². The number of sulfonamides is 1. The lowest BCUT2D eigenvalue weighted by atomic mass is 10.2. The fraction of sp³-hybridized carbons (Fsp3) is 0.263. The Bertz CT molecular complexity index is 926. The van der Waals surface area contributed by atoms with Crippen molar-refractivity contribution in [3.63, 3.8) is 0 Å². The molecule has 0 spiro atoms. The Labute approximate surface area is 158 Å². The summed E-state index contributed by atoms with van der Waals surface area (Å²) in [4.78, 5) is 24.9. The molecule has 0 radical (unpaired) electrons. The van der Waals surface area contributed by atoms with Crippen molar-refractivity contribution < 1.29 is 22.7 Å². The Morgan fingerprint density at radius 1 is 1.15 bits per heavy atom. The third kappa shape index (κ3) is 3.95. The maximum Gasteiger partial charge on any atom is 0.267 e. The largest absolute Gasteiger partial charge is 0.494 e. The Morgan fingerprint density at radius 2 is 1.81 bits per heavy atom. The number of nitrogens with zero attached hydrogens (tertiary/aromatic N) is 1. The molecule has 2 aromatic carbocycles. The number of carbonyl (C=O) groups excluding carboxylic acids is 2. The Morgan fingerprint density at radius 3 is 2.44 bits per heavy atom. The number of amides is 2. The first-order chi connectivity index (χ1) is 12.9. The number of ether oxygens (including phenoxy) is 1. The predicted octanol–water partition coefficient (Wildman–Crippen LogP) is 2.40. The highest BCUT2D eigenvalue weighted by molar-refractivity contribution is 7.89. The summed E-state index contributed by atoms with van der Waals surface area (Å²) in [5.41, 5.74) is 0.500. The fourth-order valence-electron chi connectivity index (χ4n) is 2.93. The van der Waals surface area contributed by atoms with Crippen LogP contribution in [0.4, 0.5) is 5.69 Å². The molecule has 0 aromatic heterocycles. The lowest BCUT2D eigenvalue weighted by Gasteiger charge is -2.23. The Kier molecular flexibility index (Phi) is 5.46. The van der Waals surface area contributed by atoms with E-state index >= 15 is 0 Å². The Balaban J connectivity index is 1.80. The van der Waals surface area contributed by atoms with Gasteiger partial charge in [0.15, 0.2) is 0 Å². The summed E-state index contributed by atoms with van der Waals surface area (Å²) < 4.78 is 31.7. The molecule has 1 saturated heterocycles. The van der Waals surface area contributed by atoms with Gasteiger partial charge in [-0.3, -0.25) is 9.59 Å². The highest BCUT2D eigenvalue weighted by Gasteiger charge is 2.44. The quantitative estimate of drug-likeness (QED) is 0.820. The van der Waals surface area contributed by atoms with Crippen LogP contribution in [0.3, 0.4) is 0 Å². The predicted molar refractivity (Wildman–Crippen MR) is 99.7 cm³/mol. The zero-order valence-corrected chi connectivity index (χ0v) is 15.6. The van der Waals surface area contributed by atoms with Gasteiger partial charge in [0.2, 0.25) is 11.8 Å². The van der Waals surface area contributed by atoms with Gasteiger partial charge in [-0.15, -0.1) is 0 Å². The summed E-state index contributed by atoms with van der Waals surface area (Å²) in [5, 5.41) is 2.67. The van der Waals surface area contributed by atoms with Crippen molar-refractivity contribution in [1.82, 2.24) is 4.31 Å². The molecule has 1 atom stereocenters. The summed E-state index contributed by atoms with van der Waals surface area (Å²) in [6, 6.07) is 13.3. The minimum Gasteiger partial charge on any atom is -0.494 e. The van der Waals surface area contributed by atoms with Crippen molar-refractivity contribution in [3.05, 3.63) is 54.6 Å². The number of anilines is 1. The molecule has 7 nitrogen and oxygen atoms in total. The highest BCUT2D eigenvalue weighted by Crippen LogP contribution is 2.28. The molecule has 2 aromatic rings. The number of carbonyl (C=O) groups is 2. The lowest BCUT2D eigenvalue weighted by Crippen LogP contribution is -2.45. The second kappa shape index (κ2) is 7.79. The van der Waals surface area contributed by atoms with Gasteiger partial charge in [-0.05, 0) is 49.7 Å². The van der Waals surface area contributed by atoms with Crippen molar-refractivity contribution in [2.24, 2.45) is 0 Å². The summed E-state index contributed by atoms with van der Waals surface area (Å²) in [6.45, 7) is 2.40. The average molecular weight is 388 g/mol. The van der Waals surface area contributed by atoms with Crippen LogP contribution in [0.1, 0.15) is 19.8 Å². The fourth-order valence-corrected chi connectivity index (χ4v) is 4.56. The van der Waals surface area contributed by atoms with Gasteiger partial charge >= 0.3 is 0 Å². The molecule has 1 N–H and O–H groups in total. The van der Waals surface area contributed by atoms with Crippen molar-refractivity contribution in [3.8, 4) is 5.75 Å². The van der Waals surface area contributed by atoms with E-state index in [1.54, 1.807) is 42.5 Å². The van der Waals surface area contributed by atoms with E-state index < -0.39 is 27.9 Å². The smallest absolute Gasteiger partial charge is 0.267 e. The van der Waals surface area contributed by atoms with E-state index in [-0.39, 0.29) is 17.7 Å². The van der Waals surface area contributed by atoms with Crippen LogP contribution in [0.25, 0.3) is 0 Å². The van der Waals surface area contributed by atoms with Crippen molar-refractivity contribution >= 4 is 27.5 Å². The number of rotatable bonds is 6. The topological polar surface area (TPSA) is 92.8 Å². The minimum atomic E-state index is -4.09. The molecule has 2 amide bonds. The normalized spacial score (nSPS) is 17.0. The van der Waals surface area contributed by atoms with Crippen molar-refractivity contribution in [2.45, 2.75) is 30.7 Å². The third-order valence-corrected chi connectivity index (χ3v) is 6.04. The van der Waals surface area contributed by atoms with E-state index in [2.05, 4.69) is 5.32 Å². The minimum absolute atomic E-state index is 0.00737. The molecule has 27 heavy (non-hydrogen) atoms. The van der Waals surface area contributed by atoms with Crippen LogP contribution in [-0.4, -0.2) is 37.2 Å². The average Bonchev–Trinajstić information content (AvgIpc) is 3.07. The summed E-state index contributed by atoms with van der Waals surface area (Å²) in [7, 11) is -4.09. The number of nitrogens with one attached hydrogen (secondary N) is 1. The van der Waals surface area contributed by atoms with E-state index in [9.17, 15) is 18.0 Å². The molecule has 8 heteroatoms. The highest BCUT2D eigenvalue weighted by atomic mass is 32.2. The molecular formula is C19H20N2O5S. The van der Waals surface area contributed by atoms with Crippen LogP contribution < -0.4 is 10.1 Å². The zero-order chi connectivity index (χ0) is 19.4. The molecule has 1 fully saturated rings. The number of hydrogen-bond donors (Lipinski definition) is 1. The van der Waals surface area contributed by atoms with Gasteiger partial charge in [-0.1, -0.05) is 18.2 Å². The lowest BCUT2D eigenvalue weighted by molar-refractivity contribution is -0.128. The molecule has 142 valence electrons. The summed E-state index contributed by atoms with van der Waals surface area (Å²) in [5.74, 6) is -0.449. The SMILES string of the molecule is CCOc1ccc(NC(=O)C2CCC(=O)N2S(=O)(=O)c2ccccc2)cc1. The van der Waals surface area contributed by atoms with Gasteiger partial charge in [0.1, 0.15) is 11.8 Å². The van der Waals surface area contributed by atoms with E-state index in [0.717, 1.165) is 0 Å². The van der Waals surface area contributed by atoms with E-state index in [1.807, 2.05) is 6.92 Å². The molecule has 0 bridgehead atoms. The maximum absolute atomic E-state index is 12.8. The van der Waals surface area contributed by atoms with Gasteiger partial charge in [0.25, 0.3) is 10.0 Å². The van der Waals surface area contributed by atoms with E-state index in [4.69, 9.17) is 4.74 Å². The molecule has 0 aliphatic carbocycles. The standard InChI is InChI=1S/C19H20N2O5S/c1-2-26-15-10-8-14(9-11-15)20-19(23)17-12-13-18(22)21(17)27(24,25)16-6-4-3-5-7-16/h3-11,17H,2,12-13H2,1H3,(H,20,23). The van der Waals surface area contributed by atoms with E-state index in [0.29, 0.717) is 22.3 Å². The third-order valence-electron chi connectivity index (χ3n) is 4.20. The van der Waals surface area contributed by atoms with Crippen molar-refractivity contribution in [1.29, 1.82) is 0 Å². The summed E-state index contributed by atoms with van der Waals surface area (Å²) >= 11 is 0. The number of hydrogen-bond acceptors (Lipinski definition) is 5. The van der Waals surface area contributed by atoms with E-state index in [1.165, 1.54) is 12.1 Å². The van der Waals surface area contributed by atoms with Crippen LogP contribution in [0.5, 0.6) is 5.75 Å². The van der Waals surface area contributed by atoms with Gasteiger partial charge in [-0.2, -0.15) is 0 Å². The van der Waals surface area contributed by atoms with Gasteiger partial charge in [-0.25, -0.2) is 12.7 Å². The molecule has 0 saturated carbocycles. The second-order valence-electron chi connectivity index (χ2n) is 6.01. The molecule has 1 aliphatic rings. The first-order valence-corrected chi connectivity index (χ1v) is 10.0. The van der Waals surface area contributed by atoms with Crippen molar-refractivity contribution in [2.75, 3.05) is 11.9 Å². The van der Waals surface area contributed by atoms with Gasteiger partial charge in [0.05, 0.1) is 11.5 Å². The molecule has 3 rings (SSSR count). The molecule has 1 aliphatic heterocycles. The second-order valence-corrected chi connectivity index (χ2v) is 7.82. The van der Waals surface area contributed by atoms with Crippen LogP contribution in [0, 0.1) is 0 Å². The van der Waals surface area contributed by atoms with Crippen LogP contribution in [0.15, 0.2) is 59.5 Å². The van der Waals surface area contributed by atoms with Gasteiger partial charge in [0, 0.05) is 12.1 Å². The monoisotopic (exact) mass is 388 g/mol. The maximum atomic E-state index is 12.8. The molecule has 1 heterocycles. The first kappa shape index (κ1) is 18.9. The first-order valence-electron chi connectivity index (χ1n) is 8.59. The number of benzene rings is 2. The van der Waals surface area contributed by atoms with Crippen LogP contribution in [0.2, 0.25) is 0 Å². The van der Waals surface area contributed by atoms with Crippen LogP contribution >= 0.6 is 0 Å². The zero-order valence-electron chi connectivity index (χ0n) is 14.8. The molecular weight excluding hydrogens is 368 g/mol. The summed E-state index contributed by atoms with van der Waals surface area (Å²) in [6.07, 6.45) is 0.154. The van der Waals surface area contributed by atoms with Crippen LogP contribution in [-0.2, 0) is 19.6 Å².